The van der Waals surface area contributed by atoms with Crippen molar-refractivity contribution in [1.29, 1.82) is 0 Å². The molecule has 2 heterocycles. The molecule has 2 aliphatic rings. The van der Waals surface area contributed by atoms with E-state index in [9.17, 15) is 22.0 Å². The van der Waals surface area contributed by atoms with Gasteiger partial charge in [0.1, 0.15) is 23.9 Å². The molecule has 0 aliphatic carbocycles. The fraction of sp³-hybridized carbons (Fsp3) is 0.435. The summed E-state index contributed by atoms with van der Waals surface area (Å²) in [6.45, 7) is 1.51. The largest absolute Gasteiger partial charge is 0.368 e. The Morgan fingerprint density at radius 3 is 2.48 bits per heavy atom. The molecule has 1 unspecified atom stereocenters. The Morgan fingerprint density at radius 1 is 1.15 bits per heavy atom. The normalized spacial score (nSPS) is 25.2. The van der Waals surface area contributed by atoms with Crippen molar-refractivity contribution in [3.05, 3.63) is 59.7 Å². The number of likely N-dealkylation sites (tertiary alicyclic amines) is 1. The Labute approximate surface area is 190 Å². The number of alkyl halides is 1. The molecule has 1 amide bonds. The Hall–Kier alpha value is -2.43. The van der Waals surface area contributed by atoms with Crippen LogP contribution in [0.4, 0.5) is 13.2 Å². The monoisotopic (exact) mass is 482 g/mol. The highest BCUT2D eigenvalue weighted by Gasteiger charge is 2.48. The molecule has 1 N–H and O–H groups in total. The van der Waals surface area contributed by atoms with E-state index in [1.165, 1.54) is 42.2 Å². The molecule has 4 atom stereocenters. The molecule has 0 saturated carbocycles. The second-order valence-electron chi connectivity index (χ2n) is 8.23. The summed E-state index contributed by atoms with van der Waals surface area (Å²) in [6, 6.07) is 8.01. The minimum absolute atomic E-state index is 0.0336. The number of carbonyl (C=O) groups is 1. The zero-order chi connectivity index (χ0) is 23.8. The number of amides is 1. The van der Waals surface area contributed by atoms with E-state index in [1.54, 1.807) is 12.1 Å². The Morgan fingerprint density at radius 2 is 1.85 bits per heavy atom. The fourth-order valence-electron chi connectivity index (χ4n) is 4.27. The molecule has 0 bridgehead atoms. The summed E-state index contributed by atoms with van der Waals surface area (Å²) in [6.07, 6.45) is -2.04. The SMILES string of the molecule is CCS(=O)(=O)N[C@H]1[C@@H](F)CN(C(=O)C2CCO2)[C@H]1Cc1cccc(-c2ccccc2F)c1F. The van der Waals surface area contributed by atoms with Gasteiger partial charge in [-0.25, -0.2) is 26.3 Å². The van der Waals surface area contributed by atoms with Crippen molar-refractivity contribution in [3.63, 3.8) is 0 Å². The van der Waals surface area contributed by atoms with Crippen molar-refractivity contribution in [2.75, 3.05) is 18.9 Å². The number of carbonyl (C=O) groups excluding carboxylic acids is 1. The third kappa shape index (κ3) is 4.78. The predicted octanol–water partition coefficient (Wildman–Crippen LogP) is 2.82. The van der Waals surface area contributed by atoms with Gasteiger partial charge in [0.15, 0.2) is 0 Å². The van der Waals surface area contributed by atoms with Gasteiger partial charge in [-0.05, 0) is 25.0 Å². The van der Waals surface area contributed by atoms with Crippen molar-refractivity contribution in [1.82, 2.24) is 9.62 Å². The van der Waals surface area contributed by atoms with Crippen molar-refractivity contribution < 1.29 is 31.1 Å². The van der Waals surface area contributed by atoms with E-state index in [2.05, 4.69) is 4.72 Å². The predicted molar refractivity (Wildman–Crippen MR) is 117 cm³/mol. The van der Waals surface area contributed by atoms with Gasteiger partial charge in [0.05, 0.1) is 31.0 Å². The number of sulfonamides is 1. The maximum absolute atomic E-state index is 15.5. The summed E-state index contributed by atoms with van der Waals surface area (Å²) in [5.74, 6) is -2.00. The summed E-state index contributed by atoms with van der Waals surface area (Å²) in [5, 5.41) is 0. The molecule has 2 saturated heterocycles. The average Bonchev–Trinajstić information content (AvgIpc) is 3.04. The number of nitrogens with one attached hydrogen (secondary N) is 1. The van der Waals surface area contributed by atoms with E-state index in [1.807, 2.05) is 0 Å². The molecule has 10 heteroatoms. The Bertz CT molecular complexity index is 1140. The molecule has 0 aromatic heterocycles. The van der Waals surface area contributed by atoms with Crippen molar-refractivity contribution >= 4 is 15.9 Å². The van der Waals surface area contributed by atoms with Crippen LogP contribution in [-0.2, 0) is 26.0 Å². The van der Waals surface area contributed by atoms with Crippen molar-refractivity contribution in [2.45, 2.75) is 44.1 Å². The quantitative estimate of drug-likeness (QED) is 0.659. The van der Waals surface area contributed by atoms with E-state index >= 15 is 4.39 Å². The summed E-state index contributed by atoms with van der Waals surface area (Å²) in [5.41, 5.74) is 0.236. The third-order valence-corrected chi connectivity index (χ3v) is 7.59. The number of benzene rings is 2. The molecule has 0 radical (unpaired) electrons. The lowest BCUT2D eigenvalue weighted by Gasteiger charge is -2.34. The smallest absolute Gasteiger partial charge is 0.252 e. The molecular weight excluding hydrogens is 457 g/mol. The topological polar surface area (TPSA) is 75.7 Å². The average molecular weight is 483 g/mol. The van der Waals surface area contributed by atoms with Crippen LogP contribution in [0.2, 0.25) is 0 Å². The van der Waals surface area contributed by atoms with Crippen LogP contribution in [0.15, 0.2) is 42.5 Å². The minimum atomic E-state index is -3.79. The van der Waals surface area contributed by atoms with Crippen LogP contribution in [0.25, 0.3) is 11.1 Å². The van der Waals surface area contributed by atoms with Gasteiger partial charge in [0.2, 0.25) is 10.0 Å². The molecule has 2 aromatic carbocycles. The summed E-state index contributed by atoms with van der Waals surface area (Å²) < 4.78 is 76.7. The number of ether oxygens (including phenoxy) is 1. The first-order valence-corrected chi connectivity index (χ1v) is 12.5. The van der Waals surface area contributed by atoms with Crippen LogP contribution in [0, 0.1) is 11.6 Å². The molecule has 4 rings (SSSR count). The molecule has 33 heavy (non-hydrogen) atoms. The maximum atomic E-state index is 15.5. The van der Waals surface area contributed by atoms with Crippen LogP contribution in [-0.4, -0.2) is 62.5 Å². The first kappa shape index (κ1) is 23.7. The second kappa shape index (κ2) is 9.44. The lowest BCUT2D eigenvalue weighted by molar-refractivity contribution is -0.157. The molecule has 2 aliphatic heterocycles. The van der Waals surface area contributed by atoms with E-state index < -0.39 is 51.9 Å². The first-order valence-electron chi connectivity index (χ1n) is 10.8. The maximum Gasteiger partial charge on any atom is 0.252 e. The van der Waals surface area contributed by atoms with Gasteiger partial charge in [-0.2, -0.15) is 0 Å². The molecule has 178 valence electrons. The van der Waals surface area contributed by atoms with Crippen molar-refractivity contribution in [2.24, 2.45) is 0 Å². The van der Waals surface area contributed by atoms with Gasteiger partial charge in [-0.15, -0.1) is 0 Å². The zero-order valence-electron chi connectivity index (χ0n) is 18.0. The van der Waals surface area contributed by atoms with Crippen LogP contribution < -0.4 is 4.72 Å². The molecule has 2 fully saturated rings. The van der Waals surface area contributed by atoms with Gasteiger partial charge in [0, 0.05) is 17.5 Å². The molecule has 6 nitrogen and oxygen atoms in total. The van der Waals surface area contributed by atoms with Crippen molar-refractivity contribution in [3.8, 4) is 11.1 Å². The molecule has 0 spiro atoms. The van der Waals surface area contributed by atoms with E-state index in [0.717, 1.165) is 0 Å². The lowest BCUT2D eigenvalue weighted by atomic mass is 9.95. The van der Waals surface area contributed by atoms with Gasteiger partial charge in [-0.1, -0.05) is 36.4 Å². The zero-order valence-corrected chi connectivity index (χ0v) is 18.8. The van der Waals surface area contributed by atoms with Gasteiger partial charge < -0.3 is 9.64 Å². The van der Waals surface area contributed by atoms with E-state index in [0.29, 0.717) is 13.0 Å². The first-order chi connectivity index (χ1) is 15.7. The number of rotatable bonds is 7. The summed E-state index contributed by atoms with van der Waals surface area (Å²) >= 11 is 0. The summed E-state index contributed by atoms with van der Waals surface area (Å²) in [4.78, 5) is 14.1. The van der Waals surface area contributed by atoms with Gasteiger partial charge in [-0.3, -0.25) is 4.79 Å². The lowest BCUT2D eigenvalue weighted by Crippen LogP contribution is -2.53. The number of halogens is 3. The highest BCUT2D eigenvalue weighted by atomic mass is 32.2. The van der Waals surface area contributed by atoms with Gasteiger partial charge in [0.25, 0.3) is 5.91 Å². The third-order valence-electron chi connectivity index (χ3n) is 6.20. The Kier molecular flexibility index (Phi) is 6.78. The van der Waals surface area contributed by atoms with Crippen LogP contribution in [0.3, 0.4) is 0 Å². The fourth-order valence-corrected chi connectivity index (χ4v) is 5.16. The second-order valence-corrected chi connectivity index (χ2v) is 10.3. The number of hydrogen-bond donors (Lipinski definition) is 1. The van der Waals surface area contributed by atoms with E-state index in [-0.39, 0.29) is 35.4 Å². The highest BCUT2D eigenvalue weighted by molar-refractivity contribution is 7.89. The summed E-state index contributed by atoms with van der Waals surface area (Å²) in [7, 11) is -3.79. The van der Waals surface area contributed by atoms with Crippen LogP contribution in [0.1, 0.15) is 18.9 Å². The molecule has 2 aromatic rings. The Balaban J connectivity index is 1.69. The minimum Gasteiger partial charge on any atom is -0.368 e. The number of nitrogens with zero attached hydrogens (tertiary/aromatic N) is 1. The molecular formula is C23H25F3N2O4S. The highest BCUT2D eigenvalue weighted by Crippen LogP contribution is 2.32. The standard InChI is InChI=1S/C23H25F3N2O4S/c1-2-33(30,31)27-22-18(25)13-28(23(29)20-10-11-32-20)19(22)12-14-6-5-8-16(21(14)26)15-7-3-4-9-17(15)24/h3-9,18-20,22,27H,2,10-13H2,1H3/t18-,19-,20?,22-/m0/s1. The van der Waals surface area contributed by atoms with Crippen LogP contribution in [0.5, 0.6) is 0 Å². The van der Waals surface area contributed by atoms with Gasteiger partial charge >= 0.3 is 0 Å². The van der Waals surface area contributed by atoms with E-state index in [4.69, 9.17) is 4.74 Å². The van der Waals surface area contributed by atoms with Crippen LogP contribution >= 0.6 is 0 Å². The number of hydrogen-bond acceptors (Lipinski definition) is 4.